The van der Waals surface area contributed by atoms with Gasteiger partial charge >= 0.3 is 0 Å². The Bertz CT molecular complexity index is 1530. The second-order valence-electron chi connectivity index (χ2n) is 7.55. The Balaban J connectivity index is 1.50. The van der Waals surface area contributed by atoms with Gasteiger partial charge in [-0.3, -0.25) is 9.59 Å². The fourth-order valence-electron chi connectivity index (χ4n) is 3.38. The van der Waals surface area contributed by atoms with Crippen LogP contribution in [0.1, 0.15) is 37.8 Å². The van der Waals surface area contributed by atoms with Gasteiger partial charge in [-0.05, 0) is 68.5 Å². The van der Waals surface area contributed by atoms with Crippen LogP contribution in [0.25, 0.3) is 17.0 Å². The van der Waals surface area contributed by atoms with E-state index in [0.29, 0.717) is 27.7 Å². The molecule has 33 heavy (non-hydrogen) atoms. The molecule has 0 saturated carbocycles. The highest BCUT2D eigenvalue weighted by Crippen LogP contribution is 2.18. The van der Waals surface area contributed by atoms with E-state index >= 15 is 0 Å². The second kappa shape index (κ2) is 8.53. The summed E-state index contributed by atoms with van der Waals surface area (Å²) in [6.45, 7) is 3.62. The largest absolute Gasteiger partial charge is 0.289 e. The number of sulfonamides is 1. The minimum absolute atomic E-state index is 0.00931. The molecule has 0 fully saturated rings. The fourth-order valence-corrected chi connectivity index (χ4v) is 3.93. The highest BCUT2D eigenvalue weighted by Gasteiger charge is 2.13. The van der Waals surface area contributed by atoms with E-state index in [4.69, 9.17) is 5.14 Å². The topological polar surface area (TPSA) is 125 Å². The number of aromatic nitrogens is 3. The van der Waals surface area contributed by atoms with Gasteiger partial charge in [0.2, 0.25) is 10.0 Å². The smallest absolute Gasteiger partial charge is 0.278 e. The van der Waals surface area contributed by atoms with Crippen LogP contribution in [0.2, 0.25) is 0 Å². The summed E-state index contributed by atoms with van der Waals surface area (Å²) >= 11 is 0. The number of nitrogens with two attached hydrogens (primary N) is 1. The molecule has 0 amide bonds. The van der Waals surface area contributed by atoms with Crippen molar-refractivity contribution in [2.45, 2.75) is 18.7 Å². The molecule has 0 radical (unpaired) electrons. The monoisotopic (exact) mass is 460 g/mol. The van der Waals surface area contributed by atoms with E-state index in [9.17, 15) is 18.0 Å². The molecule has 4 rings (SSSR count). The minimum Gasteiger partial charge on any atom is -0.289 e. The molecule has 4 aromatic rings. The first kappa shape index (κ1) is 22.3. The van der Waals surface area contributed by atoms with E-state index in [1.165, 1.54) is 22.9 Å². The average Bonchev–Trinajstić information content (AvgIpc) is 3.13. The van der Waals surface area contributed by atoms with E-state index < -0.39 is 10.0 Å². The lowest BCUT2D eigenvalue weighted by molar-refractivity contribution is 0.0941. The van der Waals surface area contributed by atoms with E-state index in [1.807, 2.05) is 13.0 Å². The summed E-state index contributed by atoms with van der Waals surface area (Å²) in [6.07, 6.45) is 2.97. The maximum Gasteiger partial charge on any atom is 0.278 e. The summed E-state index contributed by atoms with van der Waals surface area (Å²) in [4.78, 5) is 29.6. The van der Waals surface area contributed by atoms with Crippen LogP contribution in [0.5, 0.6) is 0 Å². The Morgan fingerprint density at radius 3 is 2.27 bits per heavy atom. The first-order valence-electron chi connectivity index (χ1n) is 9.96. The summed E-state index contributed by atoms with van der Waals surface area (Å²) in [5.41, 5.74) is 3.46. The van der Waals surface area contributed by atoms with Gasteiger partial charge in [-0.15, -0.1) is 0 Å². The van der Waals surface area contributed by atoms with Crippen LogP contribution >= 0.6 is 0 Å². The van der Waals surface area contributed by atoms with Gasteiger partial charge in [-0.1, -0.05) is 18.2 Å². The number of hydrogen-bond acceptors (Lipinski definition) is 6. The number of ketones is 1. The number of benzene rings is 2. The summed E-state index contributed by atoms with van der Waals surface area (Å²) in [5, 5.41) is 9.97. The van der Waals surface area contributed by atoms with Crippen LogP contribution < -0.4 is 5.14 Å². The number of carbonyl (C=O) groups excluding carboxylic acids is 2. The van der Waals surface area contributed by atoms with Crippen molar-refractivity contribution in [1.82, 2.24) is 14.8 Å². The zero-order valence-electron chi connectivity index (χ0n) is 17.9. The Morgan fingerprint density at radius 1 is 0.939 bits per heavy atom. The summed E-state index contributed by atoms with van der Waals surface area (Å²) in [7, 11) is -3.79. The predicted molar refractivity (Wildman–Crippen MR) is 124 cm³/mol. The highest BCUT2D eigenvalue weighted by atomic mass is 32.2. The molecule has 8 nitrogen and oxygen atoms in total. The van der Waals surface area contributed by atoms with Crippen molar-refractivity contribution in [2.75, 3.05) is 0 Å². The number of hydrogen-bond donors (Lipinski definition) is 1. The predicted octanol–water partition coefficient (Wildman–Crippen LogP) is 3.28. The molecule has 166 valence electrons. The molecule has 0 saturated heterocycles. The molecule has 0 unspecified atom stereocenters. The number of rotatable bonds is 5. The fraction of sp³-hybridized carbons (Fsp3) is 0.0833. The maximum atomic E-state index is 12.6. The number of carbonyl (C=O) groups is 2. The van der Waals surface area contributed by atoms with Gasteiger partial charge in [0, 0.05) is 22.2 Å². The number of nitrogens with zero attached hydrogens (tertiary/aromatic N) is 3. The van der Waals surface area contributed by atoms with E-state index in [-0.39, 0.29) is 16.6 Å². The van der Waals surface area contributed by atoms with Crippen molar-refractivity contribution in [3.05, 3.63) is 94.9 Å². The van der Waals surface area contributed by atoms with Gasteiger partial charge in [0.1, 0.15) is 0 Å². The van der Waals surface area contributed by atoms with Gasteiger partial charge < -0.3 is 0 Å². The third kappa shape index (κ3) is 4.79. The molecule has 0 aliphatic heterocycles. The van der Waals surface area contributed by atoms with Gasteiger partial charge in [-0.25, -0.2) is 23.2 Å². The standard InChI is InChI=1S/C24H20N4O4S/c1-15-13-16(2)28(27-15)24(30)18-5-3-17(4-6-18)23(29)12-9-20-8-7-19-14-21(33(25,31)32)10-11-22(19)26-20/h3-14H,1-2H3,(H2,25,31,32). The Morgan fingerprint density at radius 2 is 1.64 bits per heavy atom. The summed E-state index contributed by atoms with van der Waals surface area (Å²) < 4.78 is 24.3. The first-order valence-corrected chi connectivity index (χ1v) is 11.5. The van der Waals surface area contributed by atoms with Crippen molar-refractivity contribution in [1.29, 1.82) is 0 Å². The zero-order valence-corrected chi connectivity index (χ0v) is 18.7. The average molecular weight is 461 g/mol. The van der Waals surface area contributed by atoms with Crippen LogP contribution in [0.15, 0.2) is 71.6 Å². The molecule has 0 bridgehead atoms. The molecule has 0 atom stereocenters. The van der Waals surface area contributed by atoms with Gasteiger partial charge in [0.15, 0.2) is 5.78 Å². The molecule has 0 spiro atoms. The van der Waals surface area contributed by atoms with E-state index in [2.05, 4.69) is 10.1 Å². The lowest BCUT2D eigenvalue weighted by Gasteiger charge is -2.04. The van der Waals surface area contributed by atoms with Crippen LogP contribution in [0.4, 0.5) is 0 Å². The number of pyridine rings is 1. The SMILES string of the molecule is Cc1cc(C)n(C(=O)c2ccc(C(=O)C=Cc3ccc4cc(S(N)(=O)=O)ccc4n3)cc2)n1. The molecule has 0 aliphatic carbocycles. The van der Waals surface area contributed by atoms with Crippen molar-refractivity contribution in [3.63, 3.8) is 0 Å². The highest BCUT2D eigenvalue weighted by molar-refractivity contribution is 7.89. The number of allylic oxidation sites excluding steroid dienone is 1. The number of primary sulfonamides is 1. The van der Waals surface area contributed by atoms with Crippen LogP contribution in [0.3, 0.4) is 0 Å². The summed E-state index contributed by atoms with van der Waals surface area (Å²) in [6, 6.07) is 16.0. The molecule has 2 aromatic heterocycles. The lowest BCUT2D eigenvalue weighted by Crippen LogP contribution is -2.15. The lowest BCUT2D eigenvalue weighted by atomic mass is 10.1. The Hall–Kier alpha value is -3.95. The third-order valence-electron chi connectivity index (χ3n) is 5.03. The van der Waals surface area contributed by atoms with Gasteiger partial charge in [0.05, 0.1) is 21.8 Å². The van der Waals surface area contributed by atoms with Gasteiger partial charge in [-0.2, -0.15) is 5.10 Å². The molecule has 9 heteroatoms. The van der Waals surface area contributed by atoms with Crippen molar-refractivity contribution in [3.8, 4) is 0 Å². The second-order valence-corrected chi connectivity index (χ2v) is 9.12. The molecular formula is C24H20N4O4S. The van der Waals surface area contributed by atoms with Gasteiger partial charge in [0.25, 0.3) is 5.91 Å². The number of fused-ring (bicyclic) bond motifs is 1. The first-order chi connectivity index (χ1) is 15.6. The molecular weight excluding hydrogens is 440 g/mol. The maximum absolute atomic E-state index is 12.6. The zero-order chi connectivity index (χ0) is 23.8. The molecule has 2 aromatic carbocycles. The van der Waals surface area contributed by atoms with Crippen molar-refractivity contribution >= 4 is 38.7 Å². The van der Waals surface area contributed by atoms with Crippen molar-refractivity contribution in [2.24, 2.45) is 5.14 Å². The molecule has 2 heterocycles. The van der Waals surface area contributed by atoms with Crippen molar-refractivity contribution < 1.29 is 18.0 Å². The van der Waals surface area contributed by atoms with Crippen LogP contribution in [0, 0.1) is 13.8 Å². The third-order valence-corrected chi connectivity index (χ3v) is 5.95. The normalized spacial score (nSPS) is 11.8. The van der Waals surface area contributed by atoms with E-state index in [1.54, 1.807) is 55.5 Å². The quantitative estimate of drug-likeness (QED) is 0.360. The molecule has 2 N–H and O–H groups in total. The Kier molecular flexibility index (Phi) is 5.75. The summed E-state index contributed by atoms with van der Waals surface area (Å²) in [5.74, 6) is -0.507. The van der Waals surface area contributed by atoms with Crippen LogP contribution in [-0.4, -0.2) is 34.9 Å². The molecule has 0 aliphatic rings. The minimum atomic E-state index is -3.79. The Labute approximate surface area is 190 Å². The van der Waals surface area contributed by atoms with E-state index in [0.717, 1.165) is 11.4 Å². The van der Waals surface area contributed by atoms with Crippen LogP contribution in [-0.2, 0) is 10.0 Å². The number of aryl methyl sites for hydroxylation is 2.